The molecule has 8 heteroatoms. The van der Waals surface area contributed by atoms with Crippen molar-refractivity contribution in [2.75, 3.05) is 19.7 Å². The van der Waals surface area contributed by atoms with Crippen LogP contribution in [0.15, 0.2) is 29.4 Å². The number of halogens is 1. The molecule has 0 aromatic carbocycles. The van der Waals surface area contributed by atoms with Gasteiger partial charge in [-0.15, -0.1) is 34.2 Å². The van der Waals surface area contributed by atoms with E-state index in [2.05, 4.69) is 32.7 Å². The number of guanidine groups is 1. The number of nitrogens with one attached hydrogen (secondary N) is 2. The molecule has 26 heavy (non-hydrogen) atoms. The lowest BCUT2D eigenvalue weighted by Crippen LogP contribution is -2.38. The number of aromatic nitrogens is 3. The lowest BCUT2D eigenvalue weighted by Gasteiger charge is -2.13. The van der Waals surface area contributed by atoms with Crippen molar-refractivity contribution in [3.63, 3.8) is 0 Å². The zero-order valence-electron chi connectivity index (χ0n) is 15.4. The first-order valence-corrected chi connectivity index (χ1v) is 9.29. The van der Waals surface area contributed by atoms with Crippen LogP contribution in [0.2, 0.25) is 0 Å². The van der Waals surface area contributed by atoms with Crippen LogP contribution >= 0.6 is 24.0 Å². The van der Waals surface area contributed by atoms with E-state index in [4.69, 9.17) is 4.74 Å². The molecule has 2 heterocycles. The summed E-state index contributed by atoms with van der Waals surface area (Å²) in [6.45, 7) is 5.03. The van der Waals surface area contributed by atoms with Crippen LogP contribution in [0.4, 0.5) is 0 Å². The summed E-state index contributed by atoms with van der Waals surface area (Å²) in [5.41, 5.74) is 0.842. The first kappa shape index (κ1) is 20.9. The summed E-state index contributed by atoms with van der Waals surface area (Å²) < 4.78 is 7.85. The van der Waals surface area contributed by atoms with Crippen LogP contribution in [-0.4, -0.2) is 46.4 Å². The van der Waals surface area contributed by atoms with Gasteiger partial charge in [0.25, 0.3) is 0 Å². The molecule has 2 aromatic heterocycles. The molecular formula is C18H29IN6O. The minimum atomic E-state index is 0. The standard InChI is InChI=1S/C18H28N6O.HI/c1-2-19-18(20-11-7-13-25-15-8-3-4-9-15)21-14-17-23-22-16-10-5-6-12-24(16)17;/h5-6,10,12,15H,2-4,7-9,11,13-14H2,1H3,(H2,19,20,21);1H. The number of aliphatic imine (C=N–C) groups is 1. The molecule has 0 amide bonds. The lowest BCUT2D eigenvalue weighted by molar-refractivity contribution is 0.0574. The molecule has 1 fully saturated rings. The van der Waals surface area contributed by atoms with E-state index in [0.717, 1.165) is 43.5 Å². The van der Waals surface area contributed by atoms with Crippen molar-refractivity contribution in [1.82, 2.24) is 25.2 Å². The van der Waals surface area contributed by atoms with E-state index in [1.807, 2.05) is 28.8 Å². The second kappa shape index (κ2) is 11.3. The van der Waals surface area contributed by atoms with Crippen LogP contribution in [0.3, 0.4) is 0 Å². The predicted octanol–water partition coefficient (Wildman–Crippen LogP) is 2.75. The maximum Gasteiger partial charge on any atom is 0.191 e. The van der Waals surface area contributed by atoms with E-state index in [0.29, 0.717) is 12.6 Å². The summed E-state index contributed by atoms with van der Waals surface area (Å²) >= 11 is 0. The molecule has 0 atom stereocenters. The molecule has 1 saturated carbocycles. The van der Waals surface area contributed by atoms with Crippen molar-refractivity contribution < 1.29 is 4.74 Å². The van der Waals surface area contributed by atoms with Crippen molar-refractivity contribution >= 4 is 35.6 Å². The Kier molecular flexibility index (Phi) is 9.10. The van der Waals surface area contributed by atoms with E-state index < -0.39 is 0 Å². The van der Waals surface area contributed by atoms with Gasteiger partial charge in [-0.3, -0.25) is 4.40 Å². The van der Waals surface area contributed by atoms with E-state index in [-0.39, 0.29) is 24.0 Å². The molecule has 2 N–H and O–H groups in total. The normalized spacial score (nSPS) is 15.2. The molecule has 1 aliphatic carbocycles. The van der Waals surface area contributed by atoms with E-state index in [1.165, 1.54) is 25.7 Å². The van der Waals surface area contributed by atoms with Crippen molar-refractivity contribution in [2.24, 2.45) is 4.99 Å². The molecule has 1 aliphatic rings. The number of nitrogens with zero attached hydrogens (tertiary/aromatic N) is 4. The molecule has 0 unspecified atom stereocenters. The van der Waals surface area contributed by atoms with Crippen molar-refractivity contribution in [2.45, 2.75) is 51.7 Å². The minimum Gasteiger partial charge on any atom is -0.378 e. The third-order valence-electron chi connectivity index (χ3n) is 4.38. The Morgan fingerprint density at radius 2 is 2.12 bits per heavy atom. The van der Waals surface area contributed by atoms with E-state index in [9.17, 15) is 0 Å². The fourth-order valence-corrected chi connectivity index (χ4v) is 3.07. The topological polar surface area (TPSA) is 75.8 Å². The average molecular weight is 472 g/mol. The Morgan fingerprint density at radius 1 is 1.27 bits per heavy atom. The third kappa shape index (κ3) is 6.08. The summed E-state index contributed by atoms with van der Waals surface area (Å²) in [4.78, 5) is 4.61. The van der Waals surface area contributed by atoms with Gasteiger partial charge in [-0.1, -0.05) is 18.9 Å². The molecular weight excluding hydrogens is 443 g/mol. The fraction of sp³-hybridized carbons (Fsp3) is 0.611. The summed E-state index contributed by atoms with van der Waals surface area (Å²) in [6.07, 6.45) is 8.52. The van der Waals surface area contributed by atoms with Crippen LogP contribution in [0.5, 0.6) is 0 Å². The molecule has 0 spiro atoms. The van der Waals surface area contributed by atoms with Gasteiger partial charge in [-0.25, -0.2) is 4.99 Å². The molecule has 2 aromatic rings. The SMILES string of the molecule is CCNC(=NCc1nnc2ccccn12)NCCCOC1CCCC1.I. The molecule has 3 rings (SSSR count). The molecule has 7 nitrogen and oxygen atoms in total. The average Bonchev–Trinajstić information content (AvgIpc) is 3.29. The first-order valence-electron chi connectivity index (χ1n) is 9.29. The van der Waals surface area contributed by atoms with Crippen LogP contribution in [0, 0.1) is 0 Å². The third-order valence-corrected chi connectivity index (χ3v) is 4.38. The molecule has 0 bridgehead atoms. The second-order valence-electron chi connectivity index (χ2n) is 6.30. The maximum absolute atomic E-state index is 5.89. The van der Waals surface area contributed by atoms with Crippen LogP contribution < -0.4 is 10.6 Å². The highest BCUT2D eigenvalue weighted by molar-refractivity contribution is 14.0. The number of ether oxygens (including phenoxy) is 1. The Labute approximate surface area is 172 Å². The minimum absolute atomic E-state index is 0. The van der Waals surface area contributed by atoms with Crippen molar-refractivity contribution in [3.8, 4) is 0 Å². The summed E-state index contributed by atoms with van der Waals surface area (Å²) in [7, 11) is 0. The largest absolute Gasteiger partial charge is 0.378 e. The predicted molar refractivity (Wildman–Crippen MR) is 114 cm³/mol. The quantitative estimate of drug-likeness (QED) is 0.268. The van der Waals surface area contributed by atoms with Gasteiger partial charge in [-0.05, 0) is 38.3 Å². The van der Waals surface area contributed by atoms with Crippen molar-refractivity contribution in [1.29, 1.82) is 0 Å². The zero-order chi connectivity index (χ0) is 17.3. The number of rotatable bonds is 8. The van der Waals surface area contributed by atoms with Crippen LogP contribution in [0.1, 0.15) is 44.9 Å². The van der Waals surface area contributed by atoms with Gasteiger partial charge >= 0.3 is 0 Å². The van der Waals surface area contributed by atoms with E-state index >= 15 is 0 Å². The fourth-order valence-electron chi connectivity index (χ4n) is 3.07. The lowest BCUT2D eigenvalue weighted by atomic mass is 10.3. The van der Waals surface area contributed by atoms with Crippen LogP contribution in [-0.2, 0) is 11.3 Å². The van der Waals surface area contributed by atoms with Crippen molar-refractivity contribution in [3.05, 3.63) is 30.2 Å². The van der Waals surface area contributed by atoms with Gasteiger partial charge in [0.2, 0.25) is 0 Å². The zero-order valence-corrected chi connectivity index (χ0v) is 17.7. The highest BCUT2D eigenvalue weighted by Crippen LogP contribution is 2.20. The highest BCUT2D eigenvalue weighted by Gasteiger charge is 2.14. The molecule has 0 radical (unpaired) electrons. The number of fused-ring (bicyclic) bond motifs is 1. The summed E-state index contributed by atoms with van der Waals surface area (Å²) in [5.74, 6) is 1.63. The number of pyridine rings is 1. The summed E-state index contributed by atoms with van der Waals surface area (Å²) in [6, 6.07) is 5.86. The highest BCUT2D eigenvalue weighted by atomic mass is 127. The van der Waals surface area contributed by atoms with Gasteiger partial charge in [0.15, 0.2) is 17.4 Å². The van der Waals surface area contributed by atoms with Gasteiger partial charge in [0.1, 0.15) is 6.54 Å². The first-order chi connectivity index (χ1) is 12.4. The molecule has 0 aliphatic heterocycles. The van der Waals surface area contributed by atoms with Gasteiger partial charge in [-0.2, -0.15) is 0 Å². The van der Waals surface area contributed by atoms with Gasteiger partial charge in [0.05, 0.1) is 6.10 Å². The van der Waals surface area contributed by atoms with E-state index in [1.54, 1.807) is 0 Å². The Morgan fingerprint density at radius 3 is 2.92 bits per heavy atom. The van der Waals surface area contributed by atoms with Crippen LogP contribution in [0.25, 0.3) is 5.65 Å². The maximum atomic E-state index is 5.89. The van der Waals surface area contributed by atoms with Gasteiger partial charge in [0, 0.05) is 25.9 Å². The van der Waals surface area contributed by atoms with Gasteiger partial charge < -0.3 is 15.4 Å². The molecule has 0 saturated heterocycles. The second-order valence-corrected chi connectivity index (χ2v) is 6.30. The monoisotopic (exact) mass is 472 g/mol. The summed E-state index contributed by atoms with van der Waals surface area (Å²) in [5, 5.41) is 15.0. The number of hydrogen-bond acceptors (Lipinski definition) is 4. The smallest absolute Gasteiger partial charge is 0.191 e. The number of hydrogen-bond donors (Lipinski definition) is 2. The Hall–Kier alpha value is -1.42. The Balaban J connectivity index is 0.00000243. The Bertz CT molecular complexity index is 683. The molecule has 144 valence electrons.